The number of benzene rings is 1. The molecular weight excluding hydrogens is 319 g/mol. The first-order chi connectivity index (χ1) is 10.2. The summed E-state index contributed by atoms with van der Waals surface area (Å²) in [4.78, 5) is 23.7. The van der Waals surface area contributed by atoms with Gasteiger partial charge in [-0.05, 0) is 5.56 Å². The van der Waals surface area contributed by atoms with Crippen LogP contribution in [-0.2, 0) is 31.2 Å². The topological polar surface area (TPSA) is 127 Å². The van der Waals surface area contributed by atoms with Crippen molar-refractivity contribution in [3.8, 4) is 0 Å². The van der Waals surface area contributed by atoms with Crippen molar-refractivity contribution in [3.63, 3.8) is 0 Å². The number of halogens is 1. The standard InChI is InChI=1S/C12H13FN2O6S/c13-6-9-12(14,10(16)15(9)22(18,19)20)11(17)21-7-8-4-2-1-3-5-8/h1-5,9H,6-7,14H2,(H,18,19,20)/t9-,12-/m0/s1. The molecule has 0 bridgehead atoms. The summed E-state index contributed by atoms with van der Waals surface area (Å²) in [5, 5.41) is 0. The first-order valence-electron chi connectivity index (χ1n) is 6.10. The molecule has 0 aromatic heterocycles. The third-order valence-corrected chi connectivity index (χ3v) is 4.23. The highest BCUT2D eigenvalue weighted by atomic mass is 32.2. The van der Waals surface area contributed by atoms with Crippen molar-refractivity contribution >= 4 is 22.2 Å². The smallest absolute Gasteiger partial charge is 0.362 e. The van der Waals surface area contributed by atoms with Gasteiger partial charge in [0, 0.05) is 0 Å². The molecule has 22 heavy (non-hydrogen) atoms. The Balaban J connectivity index is 2.13. The Hall–Kier alpha value is -2.04. The SMILES string of the molecule is N[C@]1(C(=O)OCc2ccccc2)C(=O)N(S(=O)(=O)O)[C@H]1CF. The number of hydrogen-bond acceptors (Lipinski definition) is 6. The van der Waals surface area contributed by atoms with Crippen molar-refractivity contribution < 1.29 is 31.7 Å². The van der Waals surface area contributed by atoms with E-state index in [0.717, 1.165) is 0 Å². The molecule has 10 heteroatoms. The molecule has 2 rings (SSSR count). The summed E-state index contributed by atoms with van der Waals surface area (Å²) in [6.07, 6.45) is 0. The first-order valence-corrected chi connectivity index (χ1v) is 7.50. The van der Waals surface area contributed by atoms with Crippen LogP contribution in [0.2, 0.25) is 0 Å². The number of β-lactam (4-membered cyclic amide) rings is 1. The Kier molecular flexibility index (Phi) is 4.18. The molecule has 0 aliphatic carbocycles. The minimum Gasteiger partial charge on any atom is -0.459 e. The molecule has 1 aromatic rings. The maximum Gasteiger partial charge on any atom is 0.362 e. The van der Waals surface area contributed by atoms with E-state index in [0.29, 0.717) is 5.56 Å². The Morgan fingerprint density at radius 3 is 2.50 bits per heavy atom. The fraction of sp³-hybridized carbons (Fsp3) is 0.333. The highest BCUT2D eigenvalue weighted by molar-refractivity contribution is 7.84. The van der Waals surface area contributed by atoms with Crippen LogP contribution in [0.25, 0.3) is 0 Å². The molecule has 0 unspecified atom stereocenters. The third-order valence-electron chi connectivity index (χ3n) is 3.31. The zero-order valence-electron chi connectivity index (χ0n) is 11.2. The average Bonchev–Trinajstić information content (AvgIpc) is 2.48. The van der Waals surface area contributed by atoms with Crippen LogP contribution in [-0.4, -0.2) is 47.4 Å². The predicted molar refractivity (Wildman–Crippen MR) is 71.3 cm³/mol. The largest absolute Gasteiger partial charge is 0.459 e. The molecule has 1 aliphatic heterocycles. The van der Waals surface area contributed by atoms with Crippen molar-refractivity contribution in [1.82, 2.24) is 4.31 Å². The minimum atomic E-state index is -4.99. The number of hydrogen-bond donors (Lipinski definition) is 2. The minimum absolute atomic E-state index is 0.170. The summed E-state index contributed by atoms with van der Waals surface area (Å²) in [6, 6.07) is 6.60. The highest BCUT2D eigenvalue weighted by Gasteiger charge is 2.68. The number of carbonyl (C=O) groups is 2. The van der Waals surface area contributed by atoms with Crippen LogP contribution in [0.15, 0.2) is 30.3 Å². The number of nitrogens with zero attached hydrogens (tertiary/aromatic N) is 1. The molecule has 120 valence electrons. The number of rotatable bonds is 5. The number of ether oxygens (including phenoxy) is 1. The quantitative estimate of drug-likeness (QED) is 0.319. The molecule has 2 atom stereocenters. The van der Waals surface area contributed by atoms with Gasteiger partial charge >= 0.3 is 16.3 Å². The molecular formula is C12H13FN2O6S. The van der Waals surface area contributed by atoms with E-state index in [2.05, 4.69) is 0 Å². The van der Waals surface area contributed by atoms with Crippen molar-refractivity contribution in [2.24, 2.45) is 5.73 Å². The van der Waals surface area contributed by atoms with Gasteiger partial charge in [-0.1, -0.05) is 30.3 Å². The summed E-state index contributed by atoms with van der Waals surface area (Å²) in [5.74, 6) is -2.69. The van der Waals surface area contributed by atoms with E-state index < -0.39 is 40.4 Å². The maximum absolute atomic E-state index is 13.0. The average molecular weight is 332 g/mol. The van der Waals surface area contributed by atoms with Gasteiger partial charge in [0.25, 0.3) is 5.91 Å². The monoisotopic (exact) mass is 332 g/mol. The molecule has 1 heterocycles. The van der Waals surface area contributed by atoms with E-state index in [1.807, 2.05) is 0 Å². The Morgan fingerprint density at radius 1 is 1.41 bits per heavy atom. The second-order valence-electron chi connectivity index (χ2n) is 4.68. The Morgan fingerprint density at radius 2 is 2.00 bits per heavy atom. The second-order valence-corrected chi connectivity index (χ2v) is 5.97. The second kappa shape index (κ2) is 5.63. The van der Waals surface area contributed by atoms with Crippen LogP contribution < -0.4 is 5.73 Å². The van der Waals surface area contributed by atoms with E-state index in [-0.39, 0.29) is 10.9 Å². The maximum atomic E-state index is 13.0. The lowest BCUT2D eigenvalue weighted by molar-refractivity contribution is -0.172. The van der Waals surface area contributed by atoms with E-state index >= 15 is 0 Å². The lowest BCUT2D eigenvalue weighted by Gasteiger charge is -2.47. The van der Waals surface area contributed by atoms with Crippen LogP contribution in [0.1, 0.15) is 5.56 Å². The van der Waals surface area contributed by atoms with Gasteiger partial charge in [-0.15, -0.1) is 0 Å². The lowest BCUT2D eigenvalue weighted by Crippen LogP contribution is -2.83. The van der Waals surface area contributed by atoms with Gasteiger partial charge in [0.2, 0.25) is 5.54 Å². The molecule has 0 radical (unpaired) electrons. The van der Waals surface area contributed by atoms with Crippen LogP contribution in [0, 0.1) is 0 Å². The van der Waals surface area contributed by atoms with Crippen molar-refractivity contribution in [2.75, 3.05) is 6.67 Å². The zero-order valence-corrected chi connectivity index (χ0v) is 12.0. The zero-order chi connectivity index (χ0) is 16.5. The number of amides is 1. The molecule has 0 saturated carbocycles. The van der Waals surface area contributed by atoms with Crippen molar-refractivity contribution in [2.45, 2.75) is 18.2 Å². The molecule has 0 spiro atoms. The molecule has 1 fully saturated rings. The van der Waals surface area contributed by atoms with Crippen molar-refractivity contribution in [3.05, 3.63) is 35.9 Å². The Bertz CT molecular complexity index is 695. The van der Waals surface area contributed by atoms with Crippen LogP contribution >= 0.6 is 0 Å². The number of carbonyl (C=O) groups excluding carboxylic acids is 2. The van der Waals surface area contributed by atoms with E-state index in [1.165, 1.54) is 0 Å². The van der Waals surface area contributed by atoms with Gasteiger partial charge in [0.15, 0.2) is 0 Å². The van der Waals surface area contributed by atoms with E-state index in [4.69, 9.17) is 15.0 Å². The fourth-order valence-corrected chi connectivity index (χ4v) is 3.01. The summed E-state index contributed by atoms with van der Waals surface area (Å²) in [5.41, 5.74) is 3.65. The molecule has 8 nitrogen and oxygen atoms in total. The molecule has 1 aromatic carbocycles. The van der Waals surface area contributed by atoms with Gasteiger partial charge in [-0.2, -0.15) is 8.42 Å². The third kappa shape index (κ3) is 2.56. The molecule has 1 saturated heterocycles. The molecule has 3 N–H and O–H groups in total. The van der Waals surface area contributed by atoms with Gasteiger partial charge in [0.05, 0.1) is 0 Å². The lowest BCUT2D eigenvalue weighted by atomic mass is 9.83. The highest BCUT2D eigenvalue weighted by Crippen LogP contribution is 2.33. The number of alkyl halides is 1. The van der Waals surface area contributed by atoms with Gasteiger partial charge in [-0.3, -0.25) is 9.35 Å². The Labute approximate surface area is 125 Å². The molecule has 1 amide bonds. The summed E-state index contributed by atoms with van der Waals surface area (Å²) in [6.45, 7) is -1.64. The van der Waals surface area contributed by atoms with Gasteiger partial charge in [0.1, 0.15) is 19.3 Å². The van der Waals surface area contributed by atoms with Gasteiger partial charge in [-0.25, -0.2) is 13.5 Å². The molecule has 1 aliphatic rings. The predicted octanol–water partition coefficient (Wildman–Crippen LogP) is -0.590. The number of esters is 1. The summed E-state index contributed by atoms with van der Waals surface area (Å²) >= 11 is 0. The summed E-state index contributed by atoms with van der Waals surface area (Å²) in [7, 11) is -4.99. The normalized spacial score (nSPS) is 24.8. The van der Waals surface area contributed by atoms with E-state index in [1.54, 1.807) is 30.3 Å². The van der Waals surface area contributed by atoms with Crippen LogP contribution in [0.3, 0.4) is 0 Å². The van der Waals surface area contributed by atoms with Crippen LogP contribution in [0.5, 0.6) is 0 Å². The fourth-order valence-electron chi connectivity index (χ4n) is 2.10. The van der Waals surface area contributed by atoms with E-state index in [9.17, 15) is 22.4 Å². The van der Waals surface area contributed by atoms with Crippen LogP contribution in [0.4, 0.5) is 4.39 Å². The summed E-state index contributed by atoms with van der Waals surface area (Å²) < 4.78 is 48.4. The van der Waals surface area contributed by atoms with Crippen molar-refractivity contribution in [1.29, 1.82) is 0 Å². The number of nitrogens with two attached hydrogens (primary N) is 1. The first kappa shape index (κ1) is 16.3. The van der Waals surface area contributed by atoms with Gasteiger partial charge < -0.3 is 10.5 Å².